The van der Waals surface area contributed by atoms with Crippen LogP contribution in [0.15, 0.2) is 22.5 Å². The van der Waals surface area contributed by atoms with E-state index in [1.807, 2.05) is 0 Å². The van der Waals surface area contributed by atoms with Gasteiger partial charge in [0, 0.05) is 17.9 Å². The highest BCUT2D eigenvalue weighted by atomic mass is 32.2. The lowest BCUT2D eigenvalue weighted by Crippen LogP contribution is -2.54. The molecule has 8 fully saturated rings. The van der Waals surface area contributed by atoms with E-state index >= 15 is 0 Å². The van der Waals surface area contributed by atoms with Crippen LogP contribution in [0.3, 0.4) is 0 Å². The second-order valence-corrected chi connectivity index (χ2v) is 16.8. The Morgan fingerprint density at radius 3 is 1.42 bits per heavy atom. The number of amides is 1. The lowest BCUT2D eigenvalue weighted by Gasteiger charge is -2.56. The molecule has 0 aromatic carbocycles. The van der Waals surface area contributed by atoms with E-state index < -0.39 is 50.8 Å². The number of rotatable bonds is 8. The molecule has 8 bridgehead atoms. The Morgan fingerprint density at radius 2 is 1.09 bits per heavy atom. The zero-order valence-electron chi connectivity index (χ0n) is 25.2. The molecule has 0 unspecified atom stereocenters. The van der Waals surface area contributed by atoms with Crippen molar-refractivity contribution in [2.24, 2.45) is 41.4 Å². The first-order chi connectivity index (χ1) is 20.3. The summed E-state index contributed by atoms with van der Waals surface area (Å²) in [6.45, 7) is 3.02. The second kappa shape index (κ2) is 10.3. The molecular weight excluding hydrogens is 572 g/mol. The Hall–Kier alpha value is -2.40. The van der Waals surface area contributed by atoms with Crippen LogP contribution in [0, 0.1) is 41.4 Å². The molecule has 0 aromatic rings. The van der Waals surface area contributed by atoms with E-state index in [2.05, 4.69) is 10.6 Å². The maximum absolute atomic E-state index is 14.1. The van der Waals surface area contributed by atoms with Gasteiger partial charge in [0.25, 0.3) is 10.1 Å². The number of hydrogen-bond donors (Lipinski definition) is 3. The Kier molecular flexibility index (Phi) is 7.04. The molecule has 236 valence electrons. The average Bonchev–Trinajstić information content (AvgIpc) is 2.85. The van der Waals surface area contributed by atoms with E-state index in [9.17, 15) is 27.4 Å². The number of carbonyl (C=O) groups is 3. The maximum atomic E-state index is 14.1. The molecule has 8 aliphatic carbocycles. The van der Waals surface area contributed by atoms with E-state index in [0.29, 0.717) is 46.9 Å². The molecule has 43 heavy (non-hydrogen) atoms. The third-order valence-corrected chi connectivity index (χ3v) is 12.4. The fourth-order valence-corrected chi connectivity index (χ4v) is 11.4. The monoisotopic (exact) mass is 616 g/mol. The molecule has 9 rings (SSSR count). The molecule has 11 heteroatoms. The fourth-order valence-electron chi connectivity index (χ4n) is 11.0. The molecular formula is C32H44N2O8S. The van der Waals surface area contributed by atoms with Gasteiger partial charge >= 0.3 is 11.9 Å². The van der Waals surface area contributed by atoms with Crippen LogP contribution in [-0.2, 0) is 34.0 Å². The molecule has 3 N–H and O–H groups in total. The summed E-state index contributed by atoms with van der Waals surface area (Å²) in [6.07, 6.45) is 12.0. The van der Waals surface area contributed by atoms with Crippen molar-refractivity contribution in [1.29, 1.82) is 0 Å². The smallest absolute Gasteiger partial charge is 0.337 e. The predicted octanol–water partition coefficient (Wildman–Crippen LogP) is 3.78. The van der Waals surface area contributed by atoms with Gasteiger partial charge in [-0.3, -0.25) is 9.35 Å². The minimum atomic E-state index is -4.33. The summed E-state index contributed by atoms with van der Waals surface area (Å²) in [7, 11) is -4.33. The van der Waals surface area contributed by atoms with Crippen molar-refractivity contribution in [3.8, 4) is 0 Å². The van der Waals surface area contributed by atoms with Crippen molar-refractivity contribution in [1.82, 2.24) is 10.6 Å². The van der Waals surface area contributed by atoms with E-state index in [1.54, 1.807) is 13.8 Å². The number of hydrogen-bond acceptors (Lipinski definition) is 8. The predicted molar refractivity (Wildman–Crippen MR) is 155 cm³/mol. The third-order valence-electron chi connectivity index (χ3n) is 11.7. The van der Waals surface area contributed by atoms with Crippen LogP contribution in [0.1, 0.15) is 90.9 Å². The van der Waals surface area contributed by atoms with Gasteiger partial charge in [-0.1, -0.05) is 0 Å². The number of ether oxygens (including phenoxy) is 2. The standard InChI is InChI=1S/C32H44N2O8S/c1-17-25(29(36)41-31-11-19-5-20(12-31)7-21(6-19)13-31)27(28(35)33-3-4-43(38,39)40)26(18(2)34-17)30(37)42-32-14-22-8-23(15-32)10-24(9-22)16-32/h19-24,27,34H,3-16H2,1-2H3,(H,33,35)(H,38,39,40). The molecule has 10 nitrogen and oxygen atoms in total. The largest absolute Gasteiger partial charge is 0.456 e. The van der Waals surface area contributed by atoms with Gasteiger partial charge in [0.1, 0.15) is 17.1 Å². The highest BCUT2D eigenvalue weighted by Crippen LogP contribution is 2.59. The van der Waals surface area contributed by atoms with Crippen LogP contribution in [0.4, 0.5) is 0 Å². The van der Waals surface area contributed by atoms with E-state index in [1.165, 1.54) is 38.5 Å². The Morgan fingerprint density at radius 1 is 0.744 bits per heavy atom. The van der Waals surface area contributed by atoms with Crippen LogP contribution >= 0.6 is 0 Å². The molecule has 9 aliphatic rings. The Bertz CT molecular complexity index is 1260. The minimum Gasteiger partial charge on any atom is -0.456 e. The summed E-state index contributed by atoms with van der Waals surface area (Å²) < 4.78 is 44.7. The lowest BCUT2D eigenvalue weighted by molar-refractivity contribution is -0.184. The lowest BCUT2D eigenvalue weighted by atomic mass is 9.54. The van der Waals surface area contributed by atoms with Crippen molar-refractivity contribution in [2.75, 3.05) is 12.3 Å². The van der Waals surface area contributed by atoms with Crippen LogP contribution in [0.25, 0.3) is 0 Å². The summed E-state index contributed by atoms with van der Waals surface area (Å²) in [5, 5.41) is 5.71. The SMILES string of the molecule is CC1=C(C(=O)OC23CC4CC(CC(C4)C2)C3)C(C(=O)NCCS(=O)(=O)O)C(C(=O)OC23CC4CC(CC(C4)C2)C3)=C(C)N1. The summed E-state index contributed by atoms with van der Waals surface area (Å²) in [4.78, 5) is 42.1. The second-order valence-electron chi connectivity index (χ2n) is 15.2. The van der Waals surface area contributed by atoms with Gasteiger partial charge in [0.15, 0.2) is 0 Å². The summed E-state index contributed by atoms with van der Waals surface area (Å²) in [6, 6.07) is 0. The van der Waals surface area contributed by atoms with Gasteiger partial charge in [0.2, 0.25) is 5.91 Å². The van der Waals surface area contributed by atoms with E-state index in [4.69, 9.17) is 9.47 Å². The van der Waals surface area contributed by atoms with Gasteiger partial charge in [-0.15, -0.1) is 0 Å². The van der Waals surface area contributed by atoms with Crippen molar-refractivity contribution in [3.05, 3.63) is 22.5 Å². The zero-order chi connectivity index (χ0) is 30.3. The molecule has 0 saturated heterocycles. The maximum Gasteiger partial charge on any atom is 0.337 e. The highest BCUT2D eigenvalue weighted by molar-refractivity contribution is 7.85. The highest BCUT2D eigenvalue weighted by Gasteiger charge is 2.56. The first-order valence-corrected chi connectivity index (χ1v) is 17.8. The quantitative estimate of drug-likeness (QED) is 0.274. The first kappa shape index (κ1) is 29.3. The molecule has 0 spiro atoms. The van der Waals surface area contributed by atoms with Gasteiger partial charge in [-0.05, 0) is 126 Å². The van der Waals surface area contributed by atoms with Crippen molar-refractivity contribution >= 4 is 28.0 Å². The average molecular weight is 617 g/mol. The van der Waals surface area contributed by atoms with Gasteiger partial charge < -0.3 is 20.1 Å². The molecule has 1 aliphatic heterocycles. The molecule has 1 heterocycles. The van der Waals surface area contributed by atoms with Crippen LogP contribution in [-0.4, -0.2) is 54.3 Å². The number of nitrogens with one attached hydrogen (secondary N) is 2. The topological polar surface area (TPSA) is 148 Å². The summed E-state index contributed by atoms with van der Waals surface area (Å²) in [5.41, 5.74) is -0.143. The summed E-state index contributed by atoms with van der Waals surface area (Å²) in [5.74, 6) is -0.658. The molecule has 0 aromatic heterocycles. The molecule has 0 atom stereocenters. The first-order valence-electron chi connectivity index (χ1n) is 16.2. The number of dihydropyridines is 1. The van der Waals surface area contributed by atoms with Crippen molar-refractivity contribution in [2.45, 2.75) is 102 Å². The zero-order valence-corrected chi connectivity index (χ0v) is 26.0. The number of carbonyl (C=O) groups excluding carboxylic acids is 3. The van der Waals surface area contributed by atoms with Crippen LogP contribution in [0.5, 0.6) is 0 Å². The molecule has 1 amide bonds. The van der Waals surface area contributed by atoms with Crippen molar-refractivity contribution < 1.29 is 36.8 Å². The Balaban J connectivity index is 1.17. The van der Waals surface area contributed by atoms with Crippen LogP contribution < -0.4 is 10.6 Å². The fraction of sp³-hybridized carbons (Fsp3) is 0.781. The van der Waals surface area contributed by atoms with E-state index in [0.717, 1.165) is 38.5 Å². The van der Waals surface area contributed by atoms with E-state index in [-0.39, 0.29) is 17.7 Å². The summed E-state index contributed by atoms with van der Waals surface area (Å²) >= 11 is 0. The van der Waals surface area contributed by atoms with Crippen molar-refractivity contribution in [3.63, 3.8) is 0 Å². The Labute approximate surface area is 253 Å². The normalized spacial score (nSPS) is 40.9. The number of allylic oxidation sites excluding steroid dienone is 2. The van der Waals surface area contributed by atoms with Gasteiger partial charge in [-0.2, -0.15) is 8.42 Å². The van der Waals surface area contributed by atoms with Gasteiger partial charge in [0.05, 0.1) is 16.9 Å². The van der Waals surface area contributed by atoms with Gasteiger partial charge in [-0.25, -0.2) is 9.59 Å². The molecule has 8 saturated carbocycles. The third kappa shape index (κ3) is 5.53. The number of esters is 2. The van der Waals surface area contributed by atoms with Crippen LogP contribution in [0.2, 0.25) is 0 Å². The minimum absolute atomic E-state index is 0.0585. The molecule has 0 radical (unpaired) electrons.